The van der Waals surface area contributed by atoms with Gasteiger partial charge in [0.2, 0.25) is 0 Å². The number of benzene rings is 3. The van der Waals surface area contributed by atoms with E-state index in [1.54, 1.807) is 11.8 Å². The number of hydrogen-bond donors (Lipinski definition) is 0. The maximum atomic E-state index is 3.83. The topological polar surface area (TPSA) is 0 Å². The quantitative estimate of drug-likeness (QED) is 0.254. The lowest BCUT2D eigenvalue weighted by Gasteiger charge is -1.99. The molecule has 3 aromatic carbocycles. The van der Waals surface area contributed by atoms with Gasteiger partial charge in [-0.3, -0.25) is 0 Å². The van der Waals surface area contributed by atoms with E-state index in [2.05, 4.69) is 98.0 Å². The maximum Gasteiger partial charge on any atom is 0.0228 e. The van der Waals surface area contributed by atoms with Crippen LogP contribution in [0.4, 0.5) is 0 Å². The van der Waals surface area contributed by atoms with Gasteiger partial charge in [0.25, 0.3) is 0 Å². The standard InChI is InChI=1S/C10H14S2.C10H12S.C8H10S/c1-11-7-8-12-9-10-5-3-2-4-6-10;1-9(2)11-8-10-6-4-3-5-7-10;1-9-7-8-5-3-2-4-6-8/h2-6H,7-9H2,1H3;3-7H,1,8H2,2H3;2-6H,7H2,1H3. The molecule has 0 heterocycles. The van der Waals surface area contributed by atoms with Crippen molar-refractivity contribution in [2.45, 2.75) is 24.2 Å². The second kappa shape index (κ2) is 20.4. The number of hydrogen-bond acceptors (Lipinski definition) is 4. The van der Waals surface area contributed by atoms with Gasteiger partial charge in [-0.25, -0.2) is 0 Å². The third kappa shape index (κ3) is 16.4. The SMILES string of the molecule is C=C(C)SCc1ccccc1.CSCCSCc1ccccc1.CSCc1ccccc1. The lowest BCUT2D eigenvalue weighted by atomic mass is 10.2. The lowest BCUT2D eigenvalue weighted by molar-refractivity contribution is 1.40. The Bertz CT molecular complexity index is 805. The molecule has 4 heteroatoms. The van der Waals surface area contributed by atoms with Crippen molar-refractivity contribution in [1.29, 1.82) is 0 Å². The first-order valence-electron chi connectivity index (χ1n) is 10.6. The molecule has 0 saturated heterocycles. The highest BCUT2D eigenvalue weighted by Gasteiger charge is 1.91. The molecule has 3 rings (SSSR count). The van der Waals surface area contributed by atoms with Crippen molar-refractivity contribution in [3.05, 3.63) is 119 Å². The van der Waals surface area contributed by atoms with Crippen LogP contribution in [0.2, 0.25) is 0 Å². The van der Waals surface area contributed by atoms with Crippen LogP contribution in [0.1, 0.15) is 23.6 Å². The predicted octanol–water partition coefficient (Wildman–Crippen LogP) is 9.29. The molecule has 0 aliphatic rings. The van der Waals surface area contributed by atoms with Gasteiger partial charge < -0.3 is 0 Å². The first kappa shape index (κ1) is 28.8. The molecule has 0 N–H and O–H groups in total. The fourth-order valence-corrected chi connectivity index (χ4v) is 5.27. The molecule has 0 fully saturated rings. The Labute approximate surface area is 213 Å². The summed E-state index contributed by atoms with van der Waals surface area (Å²) in [5.74, 6) is 5.84. The zero-order chi connectivity index (χ0) is 23.3. The minimum Gasteiger partial charge on any atom is -0.165 e. The van der Waals surface area contributed by atoms with Crippen LogP contribution in [0.5, 0.6) is 0 Å². The van der Waals surface area contributed by atoms with Crippen LogP contribution in [0.15, 0.2) is 102 Å². The number of thioether (sulfide) groups is 4. The van der Waals surface area contributed by atoms with Gasteiger partial charge in [-0.15, -0.1) is 11.8 Å². The molecule has 0 aromatic heterocycles. The Morgan fingerprint density at radius 1 is 0.594 bits per heavy atom. The molecule has 3 aromatic rings. The van der Waals surface area contributed by atoms with Crippen molar-refractivity contribution in [3.8, 4) is 0 Å². The Balaban J connectivity index is 0.000000242. The van der Waals surface area contributed by atoms with Gasteiger partial charge in [0.05, 0.1) is 0 Å². The summed E-state index contributed by atoms with van der Waals surface area (Å²) < 4.78 is 0. The Morgan fingerprint density at radius 3 is 1.44 bits per heavy atom. The molecule has 0 aliphatic carbocycles. The zero-order valence-electron chi connectivity index (χ0n) is 19.5. The summed E-state index contributed by atoms with van der Waals surface area (Å²) in [5.41, 5.74) is 4.20. The van der Waals surface area contributed by atoms with E-state index in [0.29, 0.717) is 0 Å². The molecule has 0 radical (unpaired) electrons. The van der Waals surface area contributed by atoms with Gasteiger partial charge in [0.15, 0.2) is 0 Å². The second-order valence-electron chi connectivity index (χ2n) is 6.93. The van der Waals surface area contributed by atoms with Crippen LogP contribution in [-0.4, -0.2) is 24.0 Å². The monoisotopic (exact) mass is 500 g/mol. The lowest BCUT2D eigenvalue weighted by Crippen LogP contribution is -1.84. The summed E-state index contributed by atoms with van der Waals surface area (Å²) in [4.78, 5) is 1.17. The zero-order valence-corrected chi connectivity index (χ0v) is 22.8. The van der Waals surface area contributed by atoms with Gasteiger partial charge in [-0.2, -0.15) is 35.3 Å². The Kier molecular flexibility index (Phi) is 18.4. The summed E-state index contributed by atoms with van der Waals surface area (Å²) in [5, 5.41) is 0. The van der Waals surface area contributed by atoms with Gasteiger partial charge >= 0.3 is 0 Å². The minimum atomic E-state index is 1.04. The maximum absolute atomic E-state index is 3.83. The Hall–Kier alpha value is -1.20. The van der Waals surface area contributed by atoms with Crippen molar-refractivity contribution in [2.24, 2.45) is 0 Å². The van der Waals surface area contributed by atoms with E-state index in [-0.39, 0.29) is 0 Å². The van der Waals surface area contributed by atoms with Crippen molar-refractivity contribution in [3.63, 3.8) is 0 Å². The van der Waals surface area contributed by atoms with Crippen LogP contribution >= 0.6 is 47.0 Å². The third-order valence-corrected chi connectivity index (χ3v) is 7.52. The summed E-state index contributed by atoms with van der Waals surface area (Å²) in [6, 6.07) is 31.6. The van der Waals surface area contributed by atoms with E-state index in [0.717, 1.165) is 17.3 Å². The van der Waals surface area contributed by atoms with E-state index in [1.807, 2.05) is 54.3 Å². The molecule has 0 amide bonds. The van der Waals surface area contributed by atoms with Crippen LogP contribution in [0.3, 0.4) is 0 Å². The first-order valence-corrected chi connectivity index (χ1v) is 15.5. The average molecular weight is 501 g/mol. The summed E-state index contributed by atoms with van der Waals surface area (Å²) in [6.45, 7) is 5.87. The highest BCUT2D eigenvalue weighted by Crippen LogP contribution is 2.18. The van der Waals surface area contributed by atoms with Crippen LogP contribution in [0, 0.1) is 0 Å². The predicted molar refractivity (Wildman–Crippen MR) is 157 cm³/mol. The molecule has 0 bridgehead atoms. The molecule has 0 saturated carbocycles. The fourth-order valence-electron chi connectivity index (χ4n) is 2.43. The molecule has 0 aliphatic heterocycles. The number of rotatable bonds is 10. The van der Waals surface area contributed by atoms with E-state index in [4.69, 9.17) is 0 Å². The smallest absolute Gasteiger partial charge is 0.0228 e. The highest BCUT2D eigenvalue weighted by atomic mass is 32.2. The highest BCUT2D eigenvalue weighted by molar-refractivity contribution is 8.02. The molecular weight excluding hydrogens is 465 g/mol. The van der Waals surface area contributed by atoms with Crippen LogP contribution in [-0.2, 0) is 17.3 Å². The van der Waals surface area contributed by atoms with Crippen molar-refractivity contribution >= 4 is 47.0 Å². The summed E-state index contributed by atoms with van der Waals surface area (Å²) in [6.07, 6.45) is 4.27. The Morgan fingerprint density at radius 2 is 1.03 bits per heavy atom. The van der Waals surface area contributed by atoms with Gasteiger partial charge in [-0.05, 0) is 41.0 Å². The molecule has 0 spiro atoms. The van der Waals surface area contributed by atoms with E-state index in [9.17, 15) is 0 Å². The van der Waals surface area contributed by atoms with Crippen LogP contribution < -0.4 is 0 Å². The molecule has 0 nitrogen and oxygen atoms in total. The second-order valence-corrected chi connectivity index (χ2v) is 11.2. The van der Waals surface area contributed by atoms with Crippen molar-refractivity contribution in [1.82, 2.24) is 0 Å². The van der Waals surface area contributed by atoms with Crippen molar-refractivity contribution in [2.75, 3.05) is 24.0 Å². The van der Waals surface area contributed by atoms with Gasteiger partial charge in [0.1, 0.15) is 0 Å². The molecule has 0 unspecified atom stereocenters. The van der Waals surface area contributed by atoms with E-state index in [1.165, 1.54) is 33.1 Å². The summed E-state index contributed by atoms with van der Waals surface area (Å²) >= 11 is 7.57. The number of allylic oxidation sites excluding steroid dienone is 1. The normalized spacial score (nSPS) is 9.72. The average Bonchev–Trinajstić information content (AvgIpc) is 2.84. The fraction of sp³-hybridized carbons (Fsp3) is 0.286. The first-order chi connectivity index (χ1) is 15.7. The molecular formula is C28H36S4. The summed E-state index contributed by atoms with van der Waals surface area (Å²) in [7, 11) is 0. The van der Waals surface area contributed by atoms with Crippen LogP contribution in [0.25, 0.3) is 0 Å². The van der Waals surface area contributed by atoms with E-state index < -0.39 is 0 Å². The van der Waals surface area contributed by atoms with E-state index >= 15 is 0 Å². The molecule has 0 atom stereocenters. The molecule has 172 valence electrons. The van der Waals surface area contributed by atoms with Crippen molar-refractivity contribution < 1.29 is 0 Å². The third-order valence-electron chi connectivity index (χ3n) is 4.03. The molecule has 32 heavy (non-hydrogen) atoms. The largest absolute Gasteiger partial charge is 0.165 e. The van der Waals surface area contributed by atoms with Gasteiger partial charge in [0, 0.05) is 28.8 Å². The van der Waals surface area contributed by atoms with Gasteiger partial charge in [-0.1, -0.05) is 97.6 Å². The minimum absolute atomic E-state index is 1.04.